The molecule has 2 aromatic rings. The summed E-state index contributed by atoms with van der Waals surface area (Å²) in [4.78, 5) is 17.0. The number of hydrogen-bond acceptors (Lipinski definition) is 4. The van der Waals surface area contributed by atoms with Gasteiger partial charge in [0.1, 0.15) is 5.01 Å². The lowest BCUT2D eigenvalue weighted by molar-refractivity contribution is 0.0978. The minimum absolute atomic E-state index is 0.133. The summed E-state index contributed by atoms with van der Waals surface area (Å²) in [5, 5.41) is 11.9. The maximum atomic E-state index is 12.7. The number of carbonyl (C=O) groups excluding carboxylic acids is 1. The van der Waals surface area contributed by atoms with Crippen LogP contribution in [0.1, 0.15) is 57.2 Å². The molecule has 0 unspecified atom stereocenters. The first kappa shape index (κ1) is 14.0. The highest BCUT2D eigenvalue weighted by Crippen LogP contribution is 2.39. The lowest BCUT2D eigenvalue weighted by Crippen LogP contribution is -2.12. The molecular formula is C16H17N3OS. The van der Waals surface area contributed by atoms with E-state index in [0.29, 0.717) is 16.6 Å². The first-order valence-electron chi connectivity index (χ1n) is 7.07. The highest BCUT2D eigenvalue weighted by Gasteiger charge is 2.31. The molecule has 1 aliphatic rings. The number of Topliss-reactive ketones (excluding diaryl/α,β-unsaturated/α-hetero) is 1. The molecule has 5 heteroatoms. The molecule has 0 saturated heterocycles. The summed E-state index contributed by atoms with van der Waals surface area (Å²) in [6, 6.07) is 4.57. The Morgan fingerprint density at radius 3 is 2.71 bits per heavy atom. The Kier molecular flexibility index (Phi) is 3.42. The van der Waals surface area contributed by atoms with Crippen molar-refractivity contribution in [2.75, 3.05) is 0 Å². The summed E-state index contributed by atoms with van der Waals surface area (Å²) in [5.41, 5.74) is 3.60. The average Bonchev–Trinajstić information content (AvgIpc) is 3.11. The molecule has 0 aromatic carbocycles. The number of carbonyl (C=O) groups is 1. The van der Waals surface area contributed by atoms with E-state index in [0.717, 1.165) is 17.1 Å². The van der Waals surface area contributed by atoms with Crippen LogP contribution in [0.15, 0.2) is 11.4 Å². The Morgan fingerprint density at radius 1 is 1.48 bits per heavy atom. The molecule has 21 heavy (non-hydrogen) atoms. The number of nitrogens with zero attached hydrogens (tertiary/aromatic N) is 3. The Hall–Kier alpha value is -1.93. The molecule has 0 radical (unpaired) electrons. The first-order chi connectivity index (χ1) is 10.0. The van der Waals surface area contributed by atoms with Gasteiger partial charge >= 0.3 is 0 Å². The van der Waals surface area contributed by atoms with E-state index in [-0.39, 0.29) is 5.78 Å². The third-order valence-corrected chi connectivity index (χ3v) is 4.96. The van der Waals surface area contributed by atoms with E-state index in [1.807, 2.05) is 32.2 Å². The third-order valence-electron chi connectivity index (χ3n) is 3.94. The third kappa shape index (κ3) is 2.40. The van der Waals surface area contributed by atoms with Gasteiger partial charge in [-0.05, 0) is 39.7 Å². The highest BCUT2D eigenvalue weighted by molar-refractivity contribution is 7.10. The van der Waals surface area contributed by atoms with Gasteiger partial charge in [0.05, 0.1) is 6.07 Å². The highest BCUT2D eigenvalue weighted by atomic mass is 32.1. The van der Waals surface area contributed by atoms with Gasteiger partial charge in [-0.15, -0.1) is 11.3 Å². The Balaban J connectivity index is 1.98. The SMILES string of the molecule is Cc1csc([C@H](C#N)C(=O)c2cc(C)n(C3CC3)c2C)n1. The largest absolute Gasteiger partial charge is 0.345 e. The smallest absolute Gasteiger partial charge is 0.188 e. The molecular weight excluding hydrogens is 282 g/mol. The lowest BCUT2D eigenvalue weighted by Gasteiger charge is -2.08. The fraction of sp³-hybridized carbons (Fsp3) is 0.438. The molecule has 4 nitrogen and oxygen atoms in total. The average molecular weight is 299 g/mol. The van der Waals surface area contributed by atoms with Crippen molar-refractivity contribution in [3.63, 3.8) is 0 Å². The zero-order valence-corrected chi connectivity index (χ0v) is 13.2. The molecule has 1 saturated carbocycles. The predicted molar refractivity (Wildman–Crippen MR) is 81.7 cm³/mol. The molecule has 1 atom stereocenters. The summed E-state index contributed by atoms with van der Waals surface area (Å²) in [6.45, 7) is 5.87. The van der Waals surface area contributed by atoms with Crippen LogP contribution in [0.2, 0.25) is 0 Å². The maximum Gasteiger partial charge on any atom is 0.188 e. The van der Waals surface area contributed by atoms with Crippen molar-refractivity contribution in [1.82, 2.24) is 9.55 Å². The van der Waals surface area contributed by atoms with Crippen LogP contribution < -0.4 is 0 Å². The van der Waals surface area contributed by atoms with Gasteiger partial charge in [0.25, 0.3) is 0 Å². The summed E-state index contributed by atoms with van der Waals surface area (Å²) < 4.78 is 2.23. The number of hydrogen-bond donors (Lipinski definition) is 0. The quantitative estimate of drug-likeness (QED) is 0.809. The summed E-state index contributed by atoms with van der Waals surface area (Å²) >= 11 is 1.38. The van der Waals surface area contributed by atoms with Crippen molar-refractivity contribution in [2.24, 2.45) is 0 Å². The second kappa shape index (κ2) is 5.12. The normalized spacial score (nSPS) is 15.7. The van der Waals surface area contributed by atoms with Crippen LogP contribution in [-0.2, 0) is 0 Å². The molecule has 0 aliphatic heterocycles. The van der Waals surface area contributed by atoms with Crippen molar-refractivity contribution < 1.29 is 4.79 Å². The van der Waals surface area contributed by atoms with Crippen LogP contribution in [0, 0.1) is 32.1 Å². The summed E-state index contributed by atoms with van der Waals surface area (Å²) in [5.74, 6) is -0.927. The minimum Gasteiger partial charge on any atom is -0.345 e. The van der Waals surface area contributed by atoms with Crippen LogP contribution in [-0.4, -0.2) is 15.3 Å². The van der Waals surface area contributed by atoms with Crippen LogP contribution in [0.3, 0.4) is 0 Å². The van der Waals surface area contributed by atoms with Crippen LogP contribution in [0.4, 0.5) is 0 Å². The van der Waals surface area contributed by atoms with Crippen molar-refractivity contribution >= 4 is 17.1 Å². The van der Waals surface area contributed by atoms with Crippen molar-refractivity contribution in [1.29, 1.82) is 5.26 Å². The number of rotatable bonds is 4. The van der Waals surface area contributed by atoms with Crippen LogP contribution >= 0.6 is 11.3 Å². The molecule has 0 amide bonds. The van der Waals surface area contributed by atoms with Crippen LogP contribution in [0.25, 0.3) is 0 Å². The molecule has 1 fully saturated rings. The lowest BCUT2D eigenvalue weighted by atomic mass is 9.99. The monoisotopic (exact) mass is 299 g/mol. The Labute approximate surface area is 128 Å². The summed E-state index contributed by atoms with van der Waals surface area (Å²) in [7, 11) is 0. The molecule has 2 heterocycles. The zero-order chi connectivity index (χ0) is 15.1. The van der Waals surface area contributed by atoms with E-state index < -0.39 is 5.92 Å². The zero-order valence-electron chi connectivity index (χ0n) is 12.4. The van der Waals surface area contributed by atoms with Gasteiger partial charge < -0.3 is 4.57 Å². The molecule has 1 aliphatic carbocycles. The predicted octanol–water partition coefficient (Wildman–Crippen LogP) is 3.69. The second-order valence-corrected chi connectivity index (χ2v) is 6.53. The molecule has 0 N–H and O–H groups in total. The van der Waals surface area contributed by atoms with E-state index in [1.165, 1.54) is 24.2 Å². The number of ketones is 1. The topological polar surface area (TPSA) is 58.7 Å². The van der Waals surface area contributed by atoms with Gasteiger partial charge in [0.15, 0.2) is 11.7 Å². The fourth-order valence-electron chi connectivity index (χ4n) is 2.81. The molecule has 108 valence electrons. The maximum absolute atomic E-state index is 12.7. The Bertz CT molecular complexity index is 746. The van der Waals surface area contributed by atoms with Gasteiger partial charge in [-0.25, -0.2) is 4.98 Å². The minimum atomic E-state index is -0.795. The number of thiazole rings is 1. The standard InChI is InChI=1S/C16H17N3OS/c1-9-8-21-16(18-9)14(7-17)15(20)13-6-10(2)19(11(13)3)12-4-5-12/h6,8,12,14H,4-5H2,1-3H3/t14-/m1/s1. The molecule has 3 rings (SSSR count). The number of aromatic nitrogens is 2. The van der Waals surface area contributed by atoms with E-state index in [4.69, 9.17) is 0 Å². The number of nitriles is 1. The number of aryl methyl sites for hydroxylation is 2. The molecule has 2 aromatic heterocycles. The van der Waals surface area contributed by atoms with E-state index in [2.05, 4.69) is 15.6 Å². The second-order valence-electron chi connectivity index (χ2n) is 5.64. The van der Waals surface area contributed by atoms with E-state index in [9.17, 15) is 10.1 Å². The van der Waals surface area contributed by atoms with E-state index in [1.54, 1.807) is 0 Å². The van der Waals surface area contributed by atoms with Crippen LogP contribution in [0.5, 0.6) is 0 Å². The van der Waals surface area contributed by atoms with Gasteiger partial charge in [0, 0.05) is 34.1 Å². The molecule has 0 bridgehead atoms. The van der Waals surface area contributed by atoms with Gasteiger partial charge in [-0.2, -0.15) is 5.26 Å². The van der Waals surface area contributed by atoms with Gasteiger partial charge in [0.2, 0.25) is 0 Å². The molecule has 0 spiro atoms. The van der Waals surface area contributed by atoms with Gasteiger partial charge in [-0.1, -0.05) is 0 Å². The summed E-state index contributed by atoms with van der Waals surface area (Å²) in [6.07, 6.45) is 2.36. The van der Waals surface area contributed by atoms with E-state index >= 15 is 0 Å². The fourth-order valence-corrected chi connectivity index (χ4v) is 3.64. The Morgan fingerprint density at radius 2 is 2.19 bits per heavy atom. The van der Waals surface area contributed by atoms with Gasteiger partial charge in [-0.3, -0.25) is 4.79 Å². The first-order valence-corrected chi connectivity index (χ1v) is 7.95. The van der Waals surface area contributed by atoms with Crippen molar-refractivity contribution in [2.45, 2.75) is 45.6 Å². The van der Waals surface area contributed by atoms with Crippen molar-refractivity contribution in [3.8, 4) is 6.07 Å². The van der Waals surface area contributed by atoms with Crippen molar-refractivity contribution in [3.05, 3.63) is 39.1 Å².